The quantitative estimate of drug-likeness (QED) is 0.560. The van der Waals surface area contributed by atoms with E-state index in [4.69, 9.17) is 10.0 Å². The largest absolute Gasteiger partial charge is 1.00 e. The van der Waals surface area contributed by atoms with Crippen LogP contribution in [0, 0.1) is 0 Å². The molecule has 0 radical (unpaired) electrons. The number of rotatable bonds is 5. The van der Waals surface area contributed by atoms with Crippen molar-refractivity contribution in [2.45, 2.75) is 49.5 Å². The molecule has 62 valence electrons. The molecule has 0 saturated carbocycles. The average Bonchev–Trinajstić information content (AvgIpc) is 2.00. The van der Waals surface area contributed by atoms with Crippen LogP contribution in [0.4, 0.5) is 0 Å². The van der Waals surface area contributed by atoms with E-state index in [1.54, 1.807) is 0 Å². The zero-order valence-corrected chi connectivity index (χ0v) is 10.4. The van der Waals surface area contributed by atoms with Crippen molar-refractivity contribution >= 4 is 22.2 Å². The van der Waals surface area contributed by atoms with Gasteiger partial charge in [0.15, 0.2) is 0 Å². The van der Waals surface area contributed by atoms with Crippen LogP contribution in [0.25, 0.3) is 0 Å². The van der Waals surface area contributed by atoms with Crippen molar-refractivity contribution in [3.63, 3.8) is 0 Å². The van der Waals surface area contributed by atoms with Crippen LogP contribution in [-0.4, -0.2) is 12.2 Å². The summed E-state index contributed by atoms with van der Waals surface area (Å²) in [6, 6.07) is 0. The summed E-state index contributed by atoms with van der Waals surface area (Å²) in [6.45, 7) is 6.73. The molecule has 0 aromatic rings. The van der Waals surface area contributed by atoms with Crippen LogP contribution in [0.5, 0.6) is 0 Å². The minimum atomic E-state index is -1.52. The minimum Gasteiger partial charge on any atom is -0.442 e. The molecule has 0 N–H and O–H groups in total. The maximum atomic E-state index is 6.45. The van der Waals surface area contributed by atoms with Gasteiger partial charge >= 0.3 is 18.9 Å². The van der Waals surface area contributed by atoms with Crippen LogP contribution in [-0.2, 0) is 0 Å². The third-order valence-electron chi connectivity index (χ3n) is 2.54. The second-order valence-corrected chi connectivity index (χ2v) is 10.9. The summed E-state index contributed by atoms with van der Waals surface area (Å²) < 4.78 is 0. The van der Waals surface area contributed by atoms with E-state index in [1.165, 1.54) is 28.7 Å². The van der Waals surface area contributed by atoms with Gasteiger partial charge in [0.05, 0.1) is 0 Å². The summed E-state index contributed by atoms with van der Waals surface area (Å²) in [6.07, 6.45) is 2.64. The number of hydrogen-bond acceptors (Lipinski definition) is 0. The molecule has 11 heavy (non-hydrogen) atoms. The fraction of sp³-hybridized carbons (Fsp3) is 1.00. The maximum absolute atomic E-state index is 6.45. The van der Waals surface area contributed by atoms with Crippen LogP contribution in [0.15, 0.2) is 0 Å². The minimum absolute atomic E-state index is 0. The molecule has 0 saturated heterocycles. The predicted molar refractivity (Wildman–Crippen MR) is 52.3 cm³/mol. The molecule has 0 atom stereocenters. The molecule has 0 aliphatic heterocycles. The van der Waals surface area contributed by atoms with Crippen LogP contribution in [0.3, 0.4) is 0 Å². The van der Waals surface area contributed by atoms with Crippen molar-refractivity contribution in [1.82, 2.24) is 0 Å². The molecule has 0 heterocycles. The molecule has 0 nitrogen and oxygen atoms in total. The SMILES string of the molecule is CCC[CH2][Al-]([Cl])([CH2]C)[CH2]C.[Li+]. The zero-order chi connectivity index (χ0) is 8.04. The van der Waals surface area contributed by atoms with Gasteiger partial charge in [-0.1, -0.05) is 19.8 Å². The molecule has 0 amide bonds. The van der Waals surface area contributed by atoms with Crippen LogP contribution in [0.2, 0.25) is 15.8 Å². The Morgan fingerprint density at radius 2 is 1.55 bits per heavy atom. The van der Waals surface area contributed by atoms with Crippen molar-refractivity contribution in [2.24, 2.45) is 0 Å². The summed E-state index contributed by atoms with van der Waals surface area (Å²) in [4.78, 5) is 0. The van der Waals surface area contributed by atoms with Crippen molar-refractivity contribution in [3.8, 4) is 0 Å². The van der Waals surface area contributed by atoms with Gasteiger partial charge in [0.2, 0.25) is 12.2 Å². The number of unbranched alkanes of at least 4 members (excludes halogenated alkanes) is 1. The second kappa shape index (κ2) is 8.04. The van der Waals surface area contributed by atoms with E-state index in [2.05, 4.69) is 20.8 Å². The fourth-order valence-electron chi connectivity index (χ4n) is 1.27. The first-order chi connectivity index (χ1) is 4.68. The van der Waals surface area contributed by atoms with Crippen molar-refractivity contribution in [2.75, 3.05) is 0 Å². The van der Waals surface area contributed by atoms with Gasteiger partial charge in [-0.25, -0.2) is 0 Å². The Hall–Kier alpha value is 1.42. The number of hydrogen-bond donors (Lipinski definition) is 0. The maximum Gasteiger partial charge on any atom is 1.00 e. The molecule has 0 rings (SSSR count). The van der Waals surface area contributed by atoms with E-state index in [9.17, 15) is 0 Å². The second-order valence-electron chi connectivity index (χ2n) is 3.29. The molecular formula is C8H19AlClLi. The van der Waals surface area contributed by atoms with Crippen LogP contribution >= 0.6 is 10.0 Å². The van der Waals surface area contributed by atoms with E-state index in [0.29, 0.717) is 0 Å². The average molecular weight is 185 g/mol. The molecule has 0 spiro atoms. The fourth-order valence-corrected chi connectivity index (χ4v) is 4.26. The monoisotopic (exact) mass is 184 g/mol. The summed E-state index contributed by atoms with van der Waals surface area (Å²) >= 11 is -1.52. The van der Waals surface area contributed by atoms with Gasteiger partial charge in [-0.2, -0.15) is 15.8 Å². The Labute approximate surface area is 90.1 Å². The molecule has 0 fully saturated rings. The Balaban J connectivity index is 0. The van der Waals surface area contributed by atoms with Gasteiger partial charge in [0, 0.05) is 0 Å². The Morgan fingerprint density at radius 3 is 1.82 bits per heavy atom. The van der Waals surface area contributed by atoms with E-state index in [1.807, 2.05) is 0 Å². The van der Waals surface area contributed by atoms with E-state index < -0.39 is 12.2 Å². The topological polar surface area (TPSA) is 0 Å². The first-order valence-corrected chi connectivity index (χ1v) is 8.76. The Bertz CT molecular complexity index is 84.2. The molecule has 0 aliphatic carbocycles. The van der Waals surface area contributed by atoms with Gasteiger partial charge in [-0.05, 0) is 0 Å². The van der Waals surface area contributed by atoms with Gasteiger partial charge < -0.3 is 10.0 Å². The third-order valence-corrected chi connectivity index (χ3v) is 9.41. The van der Waals surface area contributed by atoms with Crippen molar-refractivity contribution in [3.05, 3.63) is 0 Å². The molecule has 0 aliphatic rings. The molecular weight excluding hydrogens is 165 g/mol. The zero-order valence-electron chi connectivity index (χ0n) is 8.49. The van der Waals surface area contributed by atoms with E-state index in [0.717, 1.165) is 0 Å². The molecule has 0 aromatic carbocycles. The Morgan fingerprint density at radius 1 is 1.09 bits per heavy atom. The molecule has 0 unspecified atom stereocenters. The standard InChI is InChI=1S/C4H9.2C2H5.Al.ClH.Li/c1-3-4-2;2*1-2;;;/h1,3-4H2,2H3;2*1H2,2H3;;1H;/q;;;;;+1/p-1. The van der Waals surface area contributed by atoms with Gasteiger partial charge in [-0.3, -0.25) is 0 Å². The summed E-state index contributed by atoms with van der Waals surface area (Å²) in [5.41, 5.74) is 0. The third kappa shape index (κ3) is 6.57. The van der Waals surface area contributed by atoms with E-state index in [-0.39, 0.29) is 18.9 Å². The van der Waals surface area contributed by atoms with Gasteiger partial charge in [-0.15, -0.1) is 13.8 Å². The van der Waals surface area contributed by atoms with Gasteiger partial charge in [0.1, 0.15) is 0 Å². The molecule has 0 aromatic heterocycles. The van der Waals surface area contributed by atoms with E-state index >= 15 is 0 Å². The normalized spacial score (nSPS) is 10.9. The first-order valence-electron chi connectivity index (χ1n) is 4.56. The number of halogens is 1. The van der Waals surface area contributed by atoms with Crippen LogP contribution in [0.1, 0.15) is 33.6 Å². The predicted octanol–water partition coefficient (Wildman–Crippen LogP) is 1.01. The summed E-state index contributed by atoms with van der Waals surface area (Å²) in [7, 11) is 6.45. The summed E-state index contributed by atoms with van der Waals surface area (Å²) in [5.74, 6) is 0. The molecule has 3 heteroatoms. The van der Waals surface area contributed by atoms with Crippen molar-refractivity contribution < 1.29 is 18.9 Å². The Kier molecular flexibility index (Phi) is 10.9. The van der Waals surface area contributed by atoms with Crippen LogP contribution < -0.4 is 18.9 Å². The van der Waals surface area contributed by atoms with Crippen molar-refractivity contribution in [1.29, 1.82) is 0 Å². The van der Waals surface area contributed by atoms with Gasteiger partial charge in [0.25, 0.3) is 0 Å². The first kappa shape index (κ1) is 14.9. The molecule has 0 bridgehead atoms. The smallest absolute Gasteiger partial charge is 0.442 e. The summed E-state index contributed by atoms with van der Waals surface area (Å²) in [5, 5.41) is 3.88.